The van der Waals surface area contributed by atoms with Crippen molar-refractivity contribution in [1.29, 1.82) is 0 Å². The normalized spacial score (nSPS) is 12.7. The Morgan fingerprint density at radius 3 is 1.50 bits per heavy atom. The first-order chi connectivity index (χ1) is 6.00. The van der Waals surface area contributed by atoms with Crippen molar-refractivity contribution >= 4 is 0 Å². The van der Waals surface area contributed by atoms with Gasteiger partial charge in [0.1, 0.15) is 6.61 Å². The lowest BCUT2D eigenvalue weighted by Gasteiger charge is -1.94. The van der Waals surface area contributed by atoms with Gasteiger partial charge in [0.05, 0.1) is 6.26 Å². The van der Waals surface area contributed by atoms with Crippen LogP contribution >= 0.6 is 0 Å². The van der Waals surface area contributed by atoms with E-state index in [0.29, 0.717) is 0 Å². The number of rotatable bonds is 0. The second-order valence-electron chi connectivity index (χ2n) is 2.24. The van der Waals surface area contributed by atoms with E-state index in [9.17, 15) is 0 Å². The predicted molar refractivity (Wildman–Crippen MR) is 50.7 cm³/mol. The van der Waals surface area contributed by atoms with Crippen LogP contribution in [0.25, 0.3) is 0 Å². The van der Waals surface area contributed by atoms with Crippen molar-refractivity contribution in [2.75, 3.05) is 6.61 Å². The van der Waals surface area contributed by atoms with Gasteiger partial charge in [-0.05, 0) is 12.2 Å². The summed E-state index contributed by atoms with van der Waals surface area (Å²) >= 11 is 0. The molecule has 0 aromatic heterocycles. The second-order valence-corrected chi connectivity index (χ2v) is 2.24. The summed E-state index contributed by atoms with van der Waals surface area (Å²) < 4.78 is 4.80. The summed E-state index contributed by atoms with van der Waals surface area (Å²) in [5.41, 5.74) is 0. The Hall–Kier alpha value is -1.50. The highest BCUT2D eigenvalue weighted by atomic mass is 16.5. The average molecular weight is 160 g/mol. The third-order valence-corrected chi connectivity index (χ3v) is 1.28. The summed E-state index contributed by atoms with van der Waals surface area (Å²) in [6.07, 6.45) is 7.47. The van der Waals surface area contributed by atoms with Crippen LogP contribution in [0.1, 0.15) is 0 Å². The lowest BCUT2D eigenvalue weighted by molar-refractivity contribution is 0.286. The predicted octanol–water partition coefficient (Wildman–Crippen LogP) is 2.77. The SMILES string of the molecule is C1=CCOC=C1.c1ccccc1. The van der Waals surface area contributed by atoms with E-state index in [0.717, 1.165) is 6.61 Å². The van der Waals surface area contributed by atoms with E-state index in [-0.39, 0.29) is 0 Å². The molecule has 0 spiro atoms. The van der Waals surface area contributed by atoms with Gasteiger partial charge >= 0.3 is 0 Å². The van der Waals surface area contributed by atoms with E-state index in [1.807, 2.05) is 54.6 Å². The van der Waals surface area contributed by atoms with Gasteiger partial charge in [0, 0.05) is 0 Å². The van der Waals surface area contributed by atoms with Crippen LogP contribution in [-0.4, -0.2) is 6.61 Å². The maximum atomic E-state index is 4.80. The molecule has 0 aliphatic carbocycles. The average Bonchev–Trinajstić information content (AvgIpc) is 2.24. The molecular weight excluding hydrogens is 148 g/mol. The van der Waals surface area contributed by atoms with Gasteiger partial charge in [-0.1, -0.05) is 42.5 Å². The smallest absolute Gasteiger partial charge is 0.106 e. The molecule has 1 aliphatic rings. The maximum absolute atomic E-state index is 4.80. The summed E-state index contributed by atoms with van der Waals surface area (Å²) in [6, 6.07) is 12.0. The Morgan fingerprint density at radius 1 is 0.750 bits per heavy atom. The molecule has 1 heterocycles. The Kier molecular flexibility index (Phi) is 4.46. The first-order valence-corrected chi connectivity index (χ1v) is 3.93. The molecule has 0 radical (unpaired) electrons. The molecule has 0 atom stereocenters. The van der Waals surface area contributed by atoms with Crippen LogP contribution in [0, 0.1) is 0 Å². The fourth-order valence-electron chi connectivity index (χ4n) is 0.731. The van der Waals surface area contributed by atoms with Crippen molar-refractivity contribution in [3.05, 3.63) is 60.9 Å². The molecule has 0 unspecified atom stereocenters. The van der Waals surface area contributed by atoms with E-state index in [4.69, 9.17) is 4.74 Å². The Labute approximate surface area is 73.0 Å². The van der Waals surface area contributed by atoms with Crippen molar-refractivity contribution < 1.29 is 4.74 Å². The van der Waals surface area contributed by atoms with E-state index in [1.165, 1.54) is 0 Å². The number of benzene rings is 1. The Balaban J connectivity index is 0.000000120. The standard InChI is InChI=1S/C6H6.C5H6O/c2*1-2-4-6-5-3-1/h1-6H;1-4H,5H2. The molecule has 1 aromatic rings. The molecule has 0 N–H and O–H groups in total. The molecule has 1 aromatic carbocycles. The monoisotopic (exact) mass is 160 g/mol. The fourth-order valence-corrected chi connectivity index (χ4v) is 0.731. The van der Waals surface area contributed by atoms with Gasteiger partial charge in [0.15, 0.2) is 0 Å². The third-order valence-electron chi connectivity index (χ3n) is 1.28. The van der Waals surface area contributed by atoms with E-state index in [1.54, 1.807) is 6.26 Å². The lowest BCUT2D eigenvalue weighted by Crippen LogP contribution is -1.82. The summed E-state index contributed by atoms with van der Waals surface area (Å²) in [7, 11) is 0. The van der Waals surface area contributed by atoms with Crippen molar-refractivity contribution in [3.63, 3.8) is 0 Å². The molecule has 62 valence electrons. The fraction of sp³-hybridized carbons (Fsp3) is 0.0909. The molecule has 0 bridgehead atoms. The van der Waals surface area contributed by atoms with Crippen molar-refractivity contribution in [1.82, 2.24) is 0 Å². The van der Waals surface area contributed by atoms with Gasteiger partial charge in [0.25, 0.3) is 0 Å². The van der Waals surface area contributed by atoms with E-state index >= 15 is 0 Å². The highest BCUT2D eigenvalue weighted by Crippen LogP contribution is 1.87. The van der Waals surface area contributed by atoms with Gasteiger partial charge in [-0.25, -0.2) is 0 Å². The van der Waals surface area contributed by atoms with Gasteiger partial charge in [-0.3, -0.25) is 0 Å². The Bertz CT molecular complexity index is 198. The molecule has 1 nitrogen and oxygen atoms in total. The lowest BCUT2D eigenvalue weighted by atomic mass is 10.4. The summed E-state index contributed by atoms with van der Waals surface area (Å²) in [5, 5.41) is 0. The molecule has 0 amide bonds. The molecule has 0 saturated heterocycles. The minimum atomic E-state index is 0.733. The van der Waals surface area contributed by atoms with Crippen LogP contribution in [0.2, 0.25) is 0 Å². The molecule has 2 rings (SSSR count). The largest absolute Gasteiger partial charge is 0.497 e. The maximum Gasteiger partial charge on any atom is 0.106 e. The Morgan fingerprint density at radius 2 is 1.33 bits per heavy atom. The molecule has 0 fully saturated rings. The minimum Gasteiger partial charge on any atom is -0.497 e. The van der Waals surface area contributed by atoms with Crippen molar-refractivity contribution in [2.45, 2.75) is 0 Å². The zero-order valence-electron chi connectivity index (χ0n) is 6.89. The zero-order chi connectivity index (χ0) is 8.49. The quantitative estimate of drug-likeness (QED) is 0.567. The van der Waals surface area contributed by atoms with E-state index in [2.05, 4.69) is 0 Å². The number of hydrogen-bond donors (Lipinski definition) is 0. The van der Waals surface area contributed by atoms with Gasteiger partial charge < -0.3 is 4.74 Å². The summed E-state index contributed by atoms with van der Waals surface area (Å²) in [4.78, 5) is 0. The first-order valence-electron chi connectivity index (χ1n) is 3.93. The molecule has 1 aliphatic heterocycles. The third kappa shape index (κ3) is 4.34. The first kappa shape index (κ1) is 8.60. The molecule has 12 heavy (non-hydrogen) atoms. The number of hydrogen-bond acceptors (Lipinski definition) is 1. The number of ether oxygens (including phenoxy) is 1. The van der Waals surface area contributed by atoms with Crippen LogP contribution in [0.15, 0.2) is 60.9 Å². The highest BCUT2D eigenvalue weighted by Gasteiger charge is 1.75. The van der Waals surface area contributed by atoms with Gasteiger partial charge in [-0.2, -0.15) is 0 Å². The highest BCUT2D eigenvalue weighted by molar-refractivity contribution is 5.03. The van der Waals surface area contributed by atoms with Crippen LogP contribution < -0.4 is 0 Å². The summed E-state index contributed by atoms with van der Waals surface area (Å²) in [5.74, 6) is 0. The molecule has 1 heteroatoms. The van der Waals surface area contributed by atoms with Crippen LogP contribution in [-0.2, 0) is 4.74 Å². The van der Waals surface area contributed by atoms with E-state index < -0.39 is 0 Å². The van der Waals surface area contributed by atoms with Gasteiger partial charge in [-0.15, -0.1) is 0 Å². The van der Waals surface area contributed by atoms with Crippen molar-refractivity contribution in [2.24, 2.45) is 0 Å². The molecule has 0 saturated carbocycles. The van der Waals surface area contributed by atoms with Crippen LogP contribution in [0.4, 0.5) is 0 Å². The van der Waals surface area contributed by atoms with Gasteiger partial charge in [0.2, 0.25) is 0 Å². The second kappa shape index (κ2) is 6.23. The number of allylic oxidation sites excluding steroid dienone is 2. The molecular formula is C11H12O. The van der Waals surface area contributed by atoms with Crippen LogP contribution in [0.5, 0.6) is 0 Å². The summed E-state index contributed by atoms with van der Waals surface area (Å²) in [6.45, 7) is 0.733. The zero-order valence-corrected chi connectivity index (χ0v) is 6.89. The van der Waals surface area contributed by atoms with Crippen LogP contribution in [0.3, 0.4) is 0 Å². The topological polar surface area (TPSA) is 9.23 Å². The minimum absolute atomic E-state index is 0.733. The van der Waals surface area contributed by atoms with Crippen molar-refractivity contribution in [3.8, 4) is 0 Å².